The molecule has 3 heteroatoms. The van der Waals surface area contributed by atoms with E-state index in [1.54, 1.807) is 0 Å². The van der Waals surface area contributed by atoms with Gasteiger partial charge in [0.1, 0.15) is 0 Å². The van der Waals surface area contributed by atoms with Crippen LogP contribution >= 0.6 is 0 Å². The fraction of sp³-hybridized carbons (Fsp3) is 1.00. The number of nitrogens with zero attached hydrogens (tertiary/aromatic N) is 1. The molecule has 1 saturated carbocycles. The molecule has 0 aliphatic heterocycles. The maximum Gasteiger partial charge on any atom is 0.0900 e. The van der Waals surface area contributed by atoms with Gasteiger partial charge in [-0.15, -0.1) is 0 Å². The predicted molar refractivity (Wildman–Crippen MR) is 94.2 cm³/mol. The van der Waals surface area contributed by atoms with Crippen molar-refractivity contribution in [2.75, 3.05) is 26.2 Å². The quantitative estimate of drug-likeness (QED) is 0.696. The molecule has 0 bridgehead atoms. The lowest BCUT2D eigenvalue weighted by Crippen LogP contribution is -2.37. The summed E-state index contributed by atoms with van der Waals surface area (Å²) in [6, 6.07) is 0. The summed E-state index contributed by atoms with van der Waals surface area (Å²) in [5.74, 6) is 0.821. The zero-order valence-corrected chi connectivity index (χ0v) is 15.6. The van der Waals surface area contributed by atoms with Gasteiger partial charge < -0.3 is 14.7 Å². The van der Waals surface area contributed by atoms with Crippen molar-refractivity contribution in [3.8, 4) is 0 Å². The van der Waals surface area contributed by atoms with Crippen LogP contribution in [0, 0.1) is 11.3 Å². The molecule has 22 heavy (non-hydrogen) atoms. The third kappa shape index (κ3) is 7.43. The third-order valence-electron chi connectivity index (χ3n) is 4.97. The summed E-state index contributed by atoms with van der Waals surface area (Å²) in [4.78, 5) is 2.35. The van der Waals surface area contributed by atoms with E-state index in [0.29, 0.717) is 18.1 Å². The highest BCUT2D eigenvalue weighted by Gasteiger charge is 2.30. The van der Waals surface area contributed by atoms with E-state index in [2.05, 4.69) is 39.5 Å². The minimum absolute atomic E-state index is 0.349. The summed E-state index contributed by atoms with van der Waals surface area (Å²) in [6.45, 7) is 14.8. The molecule has 1 fully saturated rings. The Bertz CT molecular complexity index is 274. The lowest BCUT2D eigenvalue weighted by Gasteiger charge is -2.37. The molecule has 1 N–H and O–H groups in total. The molecule has 0 aromatic carbocycles. The largest absolute Gasteiger partial charge is 0.389 e. The van der Waals surface area contributed by atoms with Gasteiger partial charge in [-0.05, 0) is 62.9 Å². The van der Waals surface area contributed by atoms with Crippen molar-refractivity contribution < 1.29 is 9.84 Å². The molecule has 132 valence electrons. The van der Waals surface area contributed by atoms with Gasteiger partial charge in [0.2, 0.25) is 0 Å². The second-order valence-electron chi connectivity index (χ2n) is 8.13. The SMILES string of the molecule is CCCN(CCC)CC(O)COC1CCC(C(C)(C)C)CC1. The highest BCUT2D eigenvalue weighted by molar-refractivity contribution is 4.81. The molecule has 0 heterocycles. The maximum absolute atomic E-state index is 10.2. The molecule has 1 aliphatic rings. The topological polar surface area (TPSA) is 32.7 Å². The molecule has 1 rings (SSSR count). The second-order valence-corrected chi connectivity index (χ2v) is 8.13. The second kappa shape index (κ2) is 9.89. The van der Waals surface area contributed by atoms with Crippen LogP contribution in [-0.2, 0) is 4.74 Å². The summed E-state index contributed by atoms with van der Waals surface area (Å²) >= 11 is 0. The summed E-state index contributed by atoms with van der Waals surface area (Å²) in [5.41, 5.74) is 0.422. The van der Waals surface area contributed by atoms with E-state index in [1.165, 1.54) is 12.8 Å². The fourth-order valence-electron chi connectivity index (χ4n) is 3.62. The Labute approximate surface area is 138 Å². The Hall–Kier alpha value is -0.120. The average Bonchev–Trinajstić information content (AvgIpc) is 2.45. The van der Waals surface area contributed by atoms with E-state index in [0.717, 1.165) is 51.2 Å². The Morgan fingerprint density at radius 1 is 1.05 bits per heavy atom. The molecule has 1 atom stereocenters. The van der Waals surface area contributed by atoms with E-state index < -0.39 is 0 Å². The smallest absolute Gasteiger partial charge is 0.0900 e. The van der Waals surface area contributed by atoms with Crippen LogP contribution in [0.3, 0.4) is 0 Å². The molecule has 0 saturated heterocycles. The van der Waals surface area contributed by atoms with Gasteiger partial charge in [-0.3, -0.25) is 0 Å². The maximum atomic E-state index is 10.2. The van der Waals surface area contributed by atoms with Crippen molar-refractivity contribution >= 4 is 0 Å². The number of hydrogen-bond donors (Lipinski definition) is 1. The zero-order chi connectivity index (χ0) is 16.6. The number of aliphatic hydroxyl groups is 1. The van der Waals surface area contributed by atoms with Gasteiger partial charge in [-0.2, -0.15) is 0 Å². The first-order chi connectivity index (χ1) is 10.4. The van der Waals surface area contributed by atoms with Gasteiger partial charge in [0, 0.05) is 6.54 Å². The van der Waals surface area contributed by atoms with Crippen LogP contribution in [0.4, 0.5) is 0 Å². The summed E-state index contributed by atoms with van der Waals surface area (Å²) in [5, 5.41) is 10.2. The van der Waals surface area contributed by atoms with Crippen molar-refractivity contribution in [3.05, 3.63) is 0 Å². The standard InChI is InChI=1S/C19H39NO2/c1-6-12-20(13-7-2)14-17(21)15-22-18-10-8-16(9-11-18)19(3,4)5/h16-18,21H,6-15H2,1-5H3. The molecule has 0 amide bonds. The van der Waals surface area contributed by atoms with Crippen molar-refractivity contribution in [2.45, 2.75) is 85.4 Å². The molecule has 0 spiro atoms. The van der Waals surface area contributed by atoms with E-state index in [9.17, 15) is 5.11 Å². The van der Waals surface area contributed by atoms with Crippen molar-refractivity contribution in [1.82, 2.24) is 4.90 Å². The van der Waals surface area contributed by atoms with Crippen LogP contribution in [0.25, 0.3) is 0 Å². The molecule has 0 aromatic heterocycles. The molecule has 1 unspecified atom stereocenters. The van der Waals surface area contributed by atoms with Crippen LogP contribution in [0.15, 0.2) is 0 Å². The molecule has 0 aromatic rings. The van der Waals surface area contributed by atoms with Gasteiger partial charge in [-0.1, -0.05) is 34.6 Å². The van der Waals surface area contributed by atoms with Gasteiger partial charge in [0.05, 0.1) is 18.8 Å². The zero-order valence-electron chi connectivity index (χ0n) is 15.6. The van der Waals surface area contributed by atoms with E-state index in [4.69, 9.17) is 4.74 Å². The first kappa shape index (κ1) is 19.9. The summed E-state index contributed by atoms with van der Waals surface area (Å²) in [6.07, 6.45) is 7.14. The molecular formula is C19H39NO2. The average molecular weight is 314 g/mol. The molecule has 0 radical (unpaired) electrons. The number of aliphatic hydroxyl groups excluding tert-OH is 1. The van der Waals surface area contributed by atoms with Gasteiger partial charge in [0.15, 0.2) is 0 Å². The highest BCUT2D eigenvalue weighted by Crippen LogP contribution is 2.38. The van der Waals surface area contributed by atoms with Gasteiger partial charge in [-0.25, -0.2) is 0 Å². The summed E-state index contributed by atoms with van der Waals surface area (Å²) in [7, 11) is 0. The van der Waals surface area contributed by atoms with Crippen LogP contribution in [-0.4, -0.2) is 48.5 Å². The van der Waals surface area contributed by atoms with Crippen LogP contribution in [0.5, 0.6) is 0 Å². The van der Waals surface area contributed by atoms with E-state index in [1.807, 2.05) is 0 Å². The van der Waals surface area contributed by atoms with E-state index >= 15 is 0 Å². The number of rotatable bonds is 9. The normalized spacial score (nSPS) is 24.7. The Kier molecular flexibility index (Phi) is 8.96. The third-order valence-corrected chi connectivity index (χ3v) is 4.97. The van der Waals surface area contributed by atoms with Gasteiger partial charge in [0.25, 0.3) is 0 Å². The Morgan fingerprint density at radius 3 is 2.05 bits per heavy atom. The van der Waals surface area contributed by atoms with Crippen molar-refractivity contribution in [2.24, 2.45) is 11.3 Å². The lowest BCUT2D eigenvalue weighted by atomic mass is 9.72. The number of ether oxygens (including phenoxy) is 1. The van der Waals surface area contributed by atoms with Gasteiger partial charge >= 0.3 is 0 Å². The molecular weight excluding hydrogens is 274 g/mol. The van der Waals surface area contributed by atoms with Crippen molar-refractivity contribution in [3.63, 3.8) is 0 Å². The minimum Gasteiger partial charge on any atom is -0.389 e. The molecule has 3 nitrogen and oxygen atoms in total. The van der Waals surface area contributed by atoms with Crippen LogP contribution < -0.4 is 0 Å². The first-order valence-electron chi connectivity index (χ1n) is 9.38. The van der Waals surface area contributed by atoms with Crippen LogP contribution in [0.2, 0.25) is 0 Å². The van der Waals surface area contributed by atoms with Crippen LogP contribution in [0.1, 0.15) is 73.1 Å². The van der Waals surface area contributed by atoms with Crippen molar-refractivity contribution in [1.29, 1.82) is 0 Å². The molecule has 1 aliphatic carbocycles. The lowest BCUT2D eigenvalue weighted by molar-refractivity contribution is -0.0443. The monoisotopic (exact) mass is 313 g/mol. The Balaban J connectivity index is 2.23. The highest BCUT2D eigenvalue weighted by atomic mass is 16.5. The minimum atomic E-state index is -0.349. The predicted octanol–water partition coefficient (Wildman–Crippen LogP) is 4.09. The summed E-state index contributed by atoms with van der Waals surface area (Å²) < 4.78 is 5.99. The Morgan fingerprint density at radius 2 is 1.59 bits per heavy atom. The first-order valence-corrected chi connectivity index (χ1v) is 9.38. The fourth-order valence-corrected chi connectivity index (χ4v) is 3.62. The number of hydrogen-bond acceptors (Lipinski definition) is 3. The van der Waals surface area contributed by atoms with E-state index in [-0.39, 0.29) is 6.10 Å².